The Kier molecular flexibility index (Phi) is 6.11. The van der Waals surface area contributed by atoms with E-state index in [2.05, 4.69) is 5.32 Å². The number of carbonyl (C=O) groups excluding carboxylic acids is 1. The summed E-state index contributed by atoms with van der Waals surface area (Å²) in [4.78, 5) is 22.2. The van der Waals surface area contributed by atoms with Crippen molar-refractivity contribution in [2.75, 3.05) is 20.3 Å². The van der Waals surface area contributed by atoms with E-state index < -0.39 is 4.92 Å². The Balaban J connectivity index is 2.72. The predicted molar refractivity (Wildman–Crippen MR) is 80.7 cm³/mol. The average Bonchev–Trinajstić information content (AvgIpc) is 2.43. The molecule has 21 heavy (non-hydrogen) atoms. The zero-order chi connectivity index (χ0) is 16.0. The van der Waals surface area contributed by atoms with Crippen molar-refractivity contribution in [3.05, 3.63) is 38.9 Å². The summed E-state index contributed by atoms with van der Waals surface area (Å²) in [6, 6.07) is 4.00. The van der Waals surface area contributed by atoms with Crippen molar-refractivity contribution >= 4 is 23.2 Å². The fraction of sp³-hybridized carbons (Fsp3) is 0.500. The molecule has 116 valence electrons. The number of methoxy groups -OCH3 is 1. The number of nitro benzene ring substituents is 1. The number of rotatable bonds is 7. The van der Waals surface area contributed by atoms with E-state index in [0.29, 0.717) is 13.2 Å². The number of nitro groups is 1. The number of halogens is 1. The quantitative estimate of drug-likeness (QED) is 0.619. The highest BCUT2D eigenvalue weighted by atomic mass is 35.5. The van der Waals surface area contributed by atoms with Crippen LogP contribution in [0.25, 0.3) is 0 Å². The maximum absolute atomic E-state index is 12.0. The molecule has 6 nitrogen and oxygen atoms in total. The summed E-state index contributed by atoms with van der Waals surface area (Å²) in [6.45, 7) is 5.08. The van der Waals surface area contributed by atoms with E-state index in [-0.39, 0.29) is 27.6 Å². The van der Waals surface area contributed by atoms with Gasteiger partial charge in [0.2, 0.25) is 0 Å². The normalized spacial score (nSPS) is 11.2. The molecule has 0 saturated carbocycles. The molecule has 1 rings (SSSR count). The van der Waals surface area contributed by atoms with Gasteiger partial charge in [0.15, 0.2) is 0 Å². The number of carbonyl (C=O) groups is 1. The Morgan fingerprint density at radius 3 is 2.71 bits per heavy atom. The van der Waals surface area contributed by atoms with Gasteiger partial charge in [-0.3, -0.25) is 14.9 Å². The highest BCUT2D eigenvalue weighted by Gasteiger charge is 2.20. The van der Waals surface area contributed by atoms with Gasteiger partial charge in [-0.25, -0.2) is 0 Å². The Morgan fingerprint density at radius 1 is 1.48 bits per heavy atom. The number of hydrogen-bond donors (Lipinski definition) is 1. The SMILES string of the molecule is COCCC(C)(C)CNC(=O)c1ccc(Cl)c([N+](=O)[O-])c1. The van der Waals surface area contributed by atoms with E-state index in [1.807, 2.05) is 13.8 Å². The molecule has 0 aliphatic carbocycles. The predicted octanol–water partition coefficient (Wildman–Crippen LogP) is 3.04. The molecule has 0 fully saturated rings. The summed E-state index contributed by atoms with van der Waals surface area (Å²) in [5.74, 6) is -0.361. The summed E-state index contributed by atoms with van der Waals surface area (Å²) < 4.78 is 5.02. The Hall–Kier alpha value is -1.66. The van der Waals surface area contributed by atoms with E-state index in [1.54, 1.807) is 7.11 Å². The van der Waals surface area contributed by atoms with Crippen molar-refractivity contribution in [3.8, 4) is 0 Å². The first-order valence-electron chi connectivity index (χ1n) is 6.48. The van der Waals surface area contributed by atoms with Crippen molar-refractivity contribution in [3.63, 3.8) is 0 Å². The first kappa shape index (κ1) is 17.4. The average molecular weight is 315 g/mol. The summed E-state index contributed by atoms with van der Waals surface area (Å²) in [5.41, 5.74) is -0.180. The van der Waals surface area contributed by atoms with Gasteiger partial charge in [0.25, 0.3) is 11.6 Å². The van der Waals surface area contributed by atoms with Crippen LogP contribution in [0.15, 0.2) is 18.2 Å². The van der Waals surface area contributed by atoms with E-state index in [1.165, 1.54) is 18.2 Å². The lowest BCUT2D eigenvalue weighted by Crippen LogP contribution is -2.34. The first-order valence-corrected chi connectivity index (χ1v) is 6.86. The molecular formula is C14H19ClN2O4. The molecule has 0 bridgehead atoms. The number of ether oxygens (including phenoxy) is 1. The zero-order valence-electron chi connectivity index (χ0n) is 12.3. The Labute approximate surface area is 128 Å². The van der Waals surface area contributed by atoms with Crippen LogP contribution in [0.1, 0.15) is 30.6 Å². The third-order valence-corrected chi connectivity index (χ3v) is 3.44. The number of nitrogens with zero attached hydrogens (tertiary/aromatic N) is 1. The summed E-state index contributed by atoms with van der Waals surface area (Å²) in [6.07, 6.45) is 0.796. The molecule has 0 aromatic heterocycles. The molecule has 1 aromatic carbocycles. The third-order valence-electron chi connectivity index (χ3n) is 3.12. The fourth-order valence-corrected chi connectivity index (χ4v) is 1.87. The number of benzene rings is 1. The van der Waals surface area contributed by atoms with Crippen molar-refractivity contribution in [2.24, 2.45) is 5.41 Å². The van der Waals surface area contributed by atoms with Crippen LogP contribution in [-0.4, -0.2) is 31.1 Å². The summed E-state index contributed by atoms with van der Waals surface area (Å²) >= 11 is 5.72. The van der Waals surface area contributed by atoms with Crippen LogP contribution >= 0.6 is 11.6 Å². The molecule has 1 aromatic rings. The van der Waals surface area contributed by atoms with Gasteiger partial charge in [-0.05, 0) is 24.0 Å². The van der Waals surface area contributed by atoms with Gasteiger partial charge >= 0.3 is 0 Å². The van der Waals surface area contributed by atoms with Crippen LogP contribution in [0.2, 0.25) is 5.02 Å². The fourth-order valence-electron chi connectivity index (χ4n) is 1.68. The lowest BCUT2D eigenvalue weighted by atomic mass is 9.89. The topological polar surface area (TPSA) is 81.5 Å². The van der Waals surface area contributed by atoms with E-state index in [4.69, 9.17) is 16.3 Å². The highest BCUT2D eigenvalue weighted by molar-refractivity contribution is 6.32. The zero-order valence-corrected chi connectivity index (χ0v) is 13.1. The van der Waals surface area contributed by atoms with Crippen molar-refractivity contribution in [2.45, 2.75) is 20.3 Å². The van der Waals surface area contributed by atoms with E-state index in [9.17, 15) is 14.9 Å². The molecule has 0 heterocycles. The monoisotopic (exact) mass is 314 g/mol. The molecule has 0 saturated heterocycles. The van der Waals surface area contributed by atoms with Crippen molar-refractivity contribution < 1.29 is 14.5 Å². The maximum Gasteiger partial charge on any atom is 0.288 e. The molecule has 0 unspecified atom stereocenters. The molecule has 0 spiro atoms. The van der Waals surface area contributed by atoms with Gasteiger partial charge < -0.3 is 10.1 Å². The molecule has 0 radical (unpaired) electrons. The lowest BCUT2D eigenvalue weighted by Gasteiger charge is -2.24. The van der Waals surface area contributed by atoms with Gasteiger partial charge in [-0.15, -0.1) is 0 Å². The molecule has 7 heteroatoms. The standard InChI is InChI=1S/C14H19ClN2O4/c1-14(2,6-7-21-3)9-16-13(18)10-4-5-11(15)12(8-10)17(19)20/h4-5,8H,6-7,9H2,1-3H3,(H,16,18). The van der Waals surface area contributed by atoms with Crippen LogP contribution in [0.5, 0.6) is 0 Å². The van der Waals surface area contributed by atoms with Gasteiger partial charge in [0, 0.05) is 31.9 Å². The minimum atomic E-state index is -0.609. The number of nitrogens with one attached hydrogen (secondary N) is 1. The second-order valence-corrected chi connectivity index (χ2v) is 5.92. The smallest absolute Gasteiger partial charge is 0.288 e. The number of amides is 1. The van der Waals surface area contributed by atoms with Crippen LogP contribution in [0.4, 0.5) is 5.69 Å². The van der Waals surface area contributed by atoms with Crippen molar-refractivity contribution in [1.29, 1.82) is 0 Å². The second kappa shape index (κ2) is 7.38. The molecule has 0 atom stereocenters. The highest BCUT2D eigenvalue weighted by Crippen LogP contribution is 2.25. The van der Waals surface area contributed by atoms with Crippen molar-refractivity contribution in [1.82, 2.24) is 5.32 Å². The van der Waals surface area contributed by atoms with Crippen LogP contribution in [0, 0.1) is 15.5 Å². The Morgan fingerprint density at radius 2 is 2.14 bits per heavy atom. The molecule has 1 amide bonds. The molecular weight excluding hydrogens is 296 g/mol. The van der Waals surface area contributed by atoms with Crippen LogP contribution < -0.4 is 5.32 Å². The van der Waals surface area contributed by atoms with Crippen LogP contribution in [0.3, 0.4) is 0 Å². The first-order chi connectivity index (χ1) is 9.76. The minimum Gasteiger partial charge on any atom is -0.385 e. The largest absolute Gasteiger partial charge is 0.385 e. The van der Waals surface area contributed by atoms with Gasteiger partial charge in [-0.2, -0.15) is 0 Å². The van der Waals surface area contributed by atoms with E-state index >= 15 is 0 Å². The second-order valence-electron chi connectivity index (χ2n) is 5.51. The van der Waals surface area contributed by atoms with Crippen LogP contribution in [-0.2, 0) is 4.74 Å². The minimum absolute atomic E-state index is 0.0111. The molecule has 0 aliphatic rings. The third kappa shape index (κ3) is 5.32. The number of hydrogen-bond acceptors (Lipinski definition) is 4. The Bertz CT molecular complexity index is 532. The van der Waals surface area contributed by atoms with Gasteiger partial charge in [0.1, 0.15) is 5.02 Å². The molecule has 0 aliphatic heterocycles. The summed E-state index contributed by atoms with van der Waals surface area (Å²) in [7, 11) is 1.63. The van der Waals surface area contributed by atoms with E-state index in [0.717, 1.165) is 6.42 Å². The molecule has 1 N–H and O–H groups in total. The maximum atomic E-state index is 12.0. The van der Waals surface area contributed by atoms with Gasteiger partial charge in [-0.1, -0.05) is 25.4 Å². The lowest BCUT2D eigenvalue weighted by molar-refractivity contribution is -0.384. The summed E-state index contributed by atoms with van der Waals surface area (Å²) in [5, 5.41) is 13.6. The van der Waals surface area contributed by atoms with Gasteiger partial charge in [0.05, 0.1) is 4.92 Å².